The molecule has 116 valence electrons. The van der Waals surface area contributed by atoms with Crippen LogP contribution in [0.5, 0.6) is 0 Å². The fourth-order valence-corrected chi connectivity index (χ4v) is 2.60. The van der Waals surface area contributed by atoms with Crippen LogP contribution in [0.1, 0.15) is 27.4 Å². The minimum atomic E-state index is -0.551. The summed E-state index contributed by atoms with van der Waals surface area (Å²) in [7, 11) is 0. The molecule has 1 aromatic carbocycles. The maximum atomic E-state index is 12.0. The zero-order valence-electron chi connectivity index (χ0n) is 12.5. The van der Waals surface area contributed by atoms with Crippen LogP contribution in [-0.4, -0.2) is 18.5 Å². The molecule has 1 N–H and O–H groups in total. The van der Waals surface area contributed by atoms with Gasteiger partial charge in [0.1, 0.15) is 17.1 Å². The van der Waals surface area contributed by atoms with Crippen molar-refractivity contribution < 1.29 is 18.7 Å². The largest absolute Gasteiger partial charge is 0.465 e. The number of anilines is 1. The summed E-state index contributed by atoms with van der Waals surface area (Å²) in [4.78, 5) is 23.9. The summed E-state index contributed by atoms with van der Waals surface area (Å²) in [6.07, 6.45) is 0. The van der Waals surface area contributed by atoms with Gasteiger partial charge in [-0.25, -0.2) is 4.79 Å². The maximum absolute atomic E-state index is 12.0. The van der Waals surface area contributed by atoms with Crippen LogP contribution in [0, 0.1) is 24.3 Å². The zero-order chi connectivity index (χ0) is 16.3. The number of furan rings is 1. The van der Waals surface area contributed by atoms with E-state index in [0.717, 1.165) is 9.13 Å². The van der Waals surface area contributed by atoms with Gasteiger partial charge in [-0.1, -0.05) is 6.07 Å². The van der Waals surface area contributed by atoms with Gasteiger partial charge in [0, 0.05) is 14.8 Å². The summed E-state index contributed by atoms with van der Waals surface area (Å²) < 4.78 is 11.4. The highest BCUT2D eigenvalue weighted by molar-refractivity contribution is 14.1. The molecule has 2 aromatic rings. The molecule has 2 rings (SSSR count). The topological polar surface area (TPSA) is 68.5 Å². The van der Waals surface area contributed by atoms with Gasteiger partial charge in [0.05, 0.1) is 0 Å². The van der Waals surface area contributed by atoms with Gasteiger partial charge in [-0.3, -0.25) is 4.79 Å². The minimum absolute atomic E-state index is 0.340. The molecule has 1 amide bonds. The van der Waals surface area contributed by atoms with Crippen LogP contribution >= 0.6 is 22.6 Å². The number of halogens is 1. The molecule has 0 saturated carbocycles. The molecule has 0 radical (unpaired) electrons. The molecular weight excluding hydrogens is 397 g/mol. The Labute approximate surface area is 142 Å². The summed E-state index contributed by atoms with van der Waals surface area (Å²) in [6, 6.07) is 7.36. The van der Waals surface area contributed by atoms with Crippen LogP contribution in [-0.2, 0) is 9.53 Å². The normalized spacial score (nSPS) is 10.4. The summed E-state index contributed by atoms with van der Waals surface area (Å²) in [5.74, 6) is 0.237. The van der Waals surface area contributed by atoms with Gasteiger partial charge in [0.25, 0.3) is 5.91 Å². The molecule has 0 atom stereocenters. The highest BCUT2D eigenvalue weighted by Gasteiger charge is 2.20. The predicted octanol–water partition coefficient (Wildman–Crippen LogP) is 3.60. The molecule has 6 heteroatoms. The number of aryl methyl sites for hydroxylation is 2. The van der Waals surface area contributed by atoms with Gasteiger partial charge in [0.2, 0.25) is 0 Å². The molecule has 5 nitrogen and oxygen atoms in total. The number of carbonyl (C=O) groups excluding carboxylic acids is 2. The third kappa shape index (κ3) is 3.88. The van der Waals surface area contributed by atoms with E-state index in [1.165, 1.54) is 0 Å². The maximum Gasteiger partial charge on any atom is 0.342 e. The molecule has 0 unspecified atom stereocenters. The highest BCUT2D eigenvalue weighted by Crippen LogP contribution is 2.21. The summed E-state index contributed by atoms with van der Waals surface area (Å²) in [5.41, 5.74) is 1.79. The van der Waals surface area contributed by atoms with Crippen LogP contribution in [0.2, 0.25) is 0 Å². The van der Waals surface area contributed by atoms with Crippen LogP contribution in [0.25, 0.3) is 0 Å². The minimum Gasteiger partial charge on any atom is -0.465 e. The first-order chi connectivity index (χ1) is 10.4. The molecule has 1 aromatic heterocycles. The summed E-state index contributed by atoms with van der Waals surface area (Å²) >= 11 is 2.15. The molecule has 0 fully saturated rings. The Balaban J connectivity index is 1.95. The second-order valence-electron chi connectivity index (χ2n) is 4.85. The molecule has 0 aliphatic carbocycles. The molecule has 0 spiro atoms. The van der Waals surface area contributed by atoms with Gasteiger partial charge >= 0.3 is 5.97 Å². The number of hydrogen-bond acceptors (Lipinski definition) is 4. The SMILES string of the molecule is Cc1oc(C)c(C(=O)OCC(=O)Nc2cccc(I)c2)c1C. The van der Waals surface area contributed by atoms with E-state index in [0.29, 0.717) is 22.8 Å². The van der Waals surface area contributed by atoms with Crippen molar-refractivity contribution in [2.45, 2.75) is 20.8 Å². The Morgan fingerprint density at radius 1 is 1.23 bits per heavy atom. The van der Waals surface area contributed by atoms with Crippen molar-refractivity contribution in [1.82, 2.24) is 0 Å². The average Bonchev–Trinajstić information content (AvgIpc) is 2.70. The van der Waals surface area contributed by atoms with E-state index in [2.05, 4.69) is 27.9 Å². The van der Waals surface area contributed by atoms with Gasteiger partial charge in [-0.2, -0.15) is 0 Å². The van der Waals surface area contributed by atoms with E-state index in [-0.39, 0.29) is 12.5 Å². The number of benzene rings is 1. The number of carbonyl (C=O) groups is 2. The Hall–Kier alpha value is -1.83. The number of hydrogen-bond donors (Lipinski definition) is 1. The lowest BCUT2D eigenvalue weighted by molar-refractivity contribution is -0.119. The van der Waals surface area contributed by atoms with E-state index in [9.17, 15) is 9.59 Å². The first kappa shape index (κ1) is 16.5. The Kier molecular flexibility index (Phi) is 5.23. The molecule has 0 aliphatic rings. The molecule has 0 bridgehead atoms. The second-order valence-corrected chi connectivity index (χ2v) is 6.09. The predicted molar refractivity (Wildman–Crippen MR) is 91.0 cm³/mol. The van der Waals surface area contributed by atoms with Crippen molar-refractivity contribution in [3.8, 4) is 0 Å². The van der Waals surface area contributed by atoms with Crippen LogP contribution in [0.15, 0.2) is 28.7 Å². The molecule has 22 heavy (non-hydrogen) atoms. The van der Waals surface area contributed by atoms with E-state index >= 15 is 0 Å². The molecule has 1 heterocycles. The van der Waals surface area contributed by atoms with Gasteiger partial charge in [0.15, 0.2) is 6.61 Å². The molecular formula is C16H16INO4. The summed E-state index contributed by atoms with van der Waals surface area (Å²) in [6.45, 7) is 4.92. The first-order valence-corrected chi connectivity index (χ1v) is 7.75. The quantitative estimate of drug-likeness (QED) is 0.615. The number of esters is 1. The molecule has 0 saturated heterocycles. The monoisotopic (exact) mass is 413 g/mol. The number of ether oxygens (including phenoxy) is 1. The van der Waals surface area contributed by atoms with Crippen molar-refractivity contribution in [1.29, 1.82) is 0 Å². The van der Waals surface area contributed by atoms with E-state index < -0.39 is 5.97 Å². The van der Waals surface area contributed by atoms with Gasteiger partial charge in [-0.15, -0.1) is 0 Å². The highest BCUT2D eigenvalue weighted by atomic mass is 127. The van der Waals surface area contributed by atoms with Crippen molar-refractivity contribution in [2.75, 3.05) is 11.9 Å². The second kappa shape index (κ2) is 6.95. The Morgan fingerprint density at radius 2 is 1.95 bits per heavy atom. The smallest absolute Gasteiger partial charge is 0.342 e. The van der Waals surface area contributed by atoms with Crippen LogP contribution in [0.4, 0.5) is 5.69 Å². The number of nitrogens with one attached hydrogen (secondary N) is 1. The third-order valence-corrected chi connectivity index (χ3v) is 3.88. The lowest BCUT2D eigenvalue weighted by atomic mass is 10.1. The Bertz CT molecular complexity index is 721. The van der Waals surface area contributed by atoms with E-state index in [4.69, 9.17) is 9.15 Å². The van der Waals surface area contributed by atoms with Crippen molar-refractivity contribution in [3.63, 3.8) is 0 Å². The zero-order valence-corrected chi connectivity index (χ0v) is 14.7. The van der Waals surface area contributed by atoms with Gasteiger partial charge in [-0.05, 0) is 61.6 Å². The number of amides is 1. The van der Waals surface area contributed by atoms with Crippen LogP contribution < -0.4 is 5.32 Å². The lowest BCUT2D eigenvalue weighted by Gasteiger charge is -2.07. The van der Waals surface area contributed by atoms with Crippen molar-refractivity contribution >= 4 is 40.2 Å². The third-order valence-electron chi connectivity index (χ3n) is 3.21. The fraction of sp³-hybridized carbons (Fsp3) is 0.250. The van der Waals surface area contributed by atoms with Crippen molar-refractivity contribution in [2.24, 2.45) is 0 Å². The fourth-order valence-electron chi connectivity index (χ4n) is 2.06. The lowest BCUT2D eigenvalue weighted by Crippen LogP contribution is -2.21. The molecule has 0 aliphatic heterocycles. The van der Waals surface area contributed by atoms with Crippen LogP contribution in [0.3, 0.4) is 0 Å². The van der Waals surface area contributed by atoms with E-state index in [1.54, 1.807) is 26.8 Å². The summed E-state index contributed by atoms with van der Waals surface area (Å²) in [5, 5.41) is 2.68. The standard InChI is InChI=1S/C16H16INO4/c1-9-10(2)22-11(3)15(9)16(20)21-8-14(19)18-13-6-4-5-12(17)7-13/h4-7H,8H2,1-3H3,(H,18,19). The first-order valence-electron chi connectivity index (χ1n) is 6.67. The van der Waals surface area contributed by atoms with Crippen molar-refractivity contribution in [3.05, 3.63) is 50.5 Å². The average molecular weight is 413 g/mol. The number of rotatable bonds is 4. The Morgan fingerprint density at radius 3 is 2.55 bits per heavy atom. The van der Waals surface area contributed by atoms with E-state index in [1.807, 2.05) is 18.2 Å². The van der Waals surface area contributed by atoms with Gasteiger partial charge < -0.3 is 14.5 Å².